The highest BCUT2D eigenvalue weighted by molar-refractivity contribution is 5.80. The van der Waals surface area contributed by atoms with Gasteiger partial charge in [-0.05, 0) is 24.6 Å². The van der Waals surface area contributed by atoms with E-state index in [0.717, 1.165) is 34.5 Å². The number of para-hydroxylation sites is 2. The van der Waals surface area contributed by atoms with Crippen LogP contribution in [0.3, 0.4) is 0 Å². The molecular formula is C18H15N3. The van der Waals surface area contributed by atoms with Crippen LogP contribution in [-0.4, -0.2) is 14.4 Å². The third kappa shape index (κ3) is 2.07. The first-order valence-electron chi connectivity index (χ1n) is 7.08. The number of hydrogen-bond donors (Lipinski definition) is 0. The Morgan fingerprint density at radius 1 is 0.905 bits per heavy atom. The highest BCUT2D eigenvalue weighted by atomic mass is 15.0. The predicted molar refractivity (Wildman–Crippen MR) is 84.5 cm³/mol. The Kier molecular flexibility index (Phi) is 2.71. The molecule has 2 aromatic carbocycles. The van der Waals surface area contributed by atoms with Crippen molar-refractivity contribution in [3.05, 3.63) is 77.7 Å². The average molecular weight is 273 g/mol. The summed E-state index contributed by atoms with van der Waals surface area (Å²) >= 11 is 0. The SMILES string of the molecule is Cc1nc(Cc2ccccc2)cn2c1nc1ccccc12. The molecule has 0 saturated heterocycles. The molecule has 0 unspecified atom stereocenters. The van der Waals surface area contributed by atoms with Crippen molar-refractivity contribution in [2.75, 3.05) is 0 Å². The summed E-state index contributed by atoms with van der Waals surface area (Å²) < 4.78 is 2.15. The Hall–Kier alpha value is -2.68. The van der Waals surface area contributed by atoms with Crippen LogP contribution in [-0.2, 0) is 6.42 Å². The lowest BCUT2D eigenvalue weighted by Gasteiger charge is -2.05. The lowest BCUT2D eigenvalue weighted by atomic mass is 10.1. The molecule has 0 N–H and O–H groups in total. The predicted octanol–water partition coefficient (Wildman–Crippen LogP) is 3.78. The van der Waals surface area contributed by atoms with Gasteiger partial charge in [0.25, 0.3) is 0 Å². The van der Waals surface area contributed by atoms with Gasteiger partial charge in [0.1, 0.15) is 0 Å². The molecule has 4 aromatic rings. The molecule has 0 spiro atoms. The quantitative estimate of drug-likeness (QED) is 0.556. The molecule has 0 saturated carbocycles. The van der Waals surface area contributed by atoms with Crippen LogP contribution >= 0.6 is 0 Å². The second-order valence-electron chi connectivity index (χ2n) is 5.27. The normalized spacial score (nSPS) is 11.3. The zero-order valence-electron chi connectivity index (χ0n) is 11.8. The van der Waals surface area contributed by atoms with Gasteiger partial charge in [0.2, 0.25) is 0 Å². The first kappa shape index (κ1) is 12.1. The molecule has 0 aliphatic heterocycles. The van der Waals surface area contributed by atoms with E-state index < -0.39 is 0 Å². The Balaban J connectivity index is 1.89. The van der Waals surface area contributed by atoms with Gasteiger partial charge in [-0.3, -0.25) is 9.38 Å². The molecule has 4 rings (SSSR count). The second-order valence-corrected chi connectivity index (χ2v) is 5.27. The molecule has 0 aliphatic carbocycles. The minimum Gasteiger partial charge on any atom is -0.296 e. The number of nitrogens with zero attached hydrogens (tertiary/aromatic N) is 3. The van der Waals surface area contributed by atoms with Gasteiger partial charge in [-0.15, -0.1) is 0 Å². The maximum absolute atomic E-state index is 4.71. The lowest BCUT2D eigenvalue weighted by Crippen LogP contribution is -1.99. The van der Waals surface area contributed by atoms with E-state index >= 15 is 0 Å². The molecule has 102 valence electrons. The first-order valence-corrected chi connectivity index (χ1v) is 7.08. The Morgan fingerprint density at radius 3 is 2.52 bits per heavy atom. The highest BCUT2D eigenvalue weighted by Gasteiger charge is 2.09. The lowest BCUT2D eigenvalue weighted by molar-refractivity contribution is 0.985. The van der Waals surface area contributed by atoms with Crippen LogP contribution in [0.25, 0.3) is 16.7 Å². The van der Waals surface area contributed by atoms with Crippen molar-refractivity contribution in [1.82, 2.24) is 14.4 Å². The third-order valence-electron chi connectivity index (χ3n) is 3.74. The van der Waals surface area contributed by atoms with E-state index in [0.29, 0.717) is 0 Å². The van der Waals surface area contributed by atoms with Crippen molar-refractivity contribution >= 4 is 16.7 Å². The number of fused-ring (bicyclic) bond motifs is 3. The van der Waals surface area contributed by atoms with E-state index in [1.54, 1.807) is 0 Å². The van der Waals surface area contributed by atoms with E-state index in [-0.39, 0.29) is 0 Å². The van der Waals surface area contributed by atoms with Crippen LogP contribution in [0.4, 0.5) is 0 Å². The average Bonchev–Trinajstić information content (AvgIpc) is 2.88. The van der Waals surface area contributed by atoms with E-state index in [1.165, 1.54) is 5.56 Å². The summed E-state index contributed by atoms with van der Waals surface area (Å²) in [7, 11) is 0. The fourth-order valence-corrected chi connectivity index (χ4v) is 2.76. The first-order chi connectivity index (χ1) is 10.3. The van der Waals surface area contributed by atoms with Gasteiger partial charge in [0.15, 0.2) is 5.65 Å². The summed E-state index contributed by atoms with van der Waals surface area (Å²) in [6.07, 6.45) is 2.94. The molecule has 0 aliphatic rings. The van der Waals surface area contributed by atoms with Crippen LogP contribution in [0, 0.1) is 6.92 Å². The maximum atomic E-state index is 4.71. The summed E-state index contributed by atoms with van der Waals surface area (Å²) in [6.45, 7) is 2.02. The van der Waals surface area contributed by atoms with E-state index in [2.05, 4.69) is 45.9 Å². The van der Waals surface area contributed by atoms with E-state index in [1.807, 2.05) is 31.2 Å². The summed E-state index contributed by atoms with van der Waals surface area (Å²) in [5.41, 5.74) is 6.39. The van der Waals surface area contributed by atoms with Crippen LogP contribution in [0.15, 0.2) is 60.8 Å². The van der Waals surface area contributed by atoms with Crippen molar-refractivity contribution < 1.29 is 0 Å². The van der Waals surface area contributed by atoms with Crippen molar-refractivity contribution in [2.45, 2.75) is 13.3 Å². The van der Waals surface area contributed by atoms with Gasteiger partial charge in [0, 0.05) is 12.6 Å². The van der Waals surface area contributed by atoms with Crippen molar-refractivity contribution in [3.8, 4) is 0 Å². The third-order valence-corrected chi connectivity index (χ3v) is 3.74. The maximum Gasteiger partial charge on any atom is 0.159 e. The smallest absolute Gasteiger partial charge is 0.159 e. The Labute approximate surface area is 122 Å². The van der Waals surface area contributed by atoms with E-state index in [4.69, 9.17) is 4.98 Å². The summed E-state index contributed by atoms with van der Waals surface area (Å²) in [4.78, 5) is 9.37. The van der Waals surface area contributed by atoms with Crippen molar-refractivity contribution in [2.24, 2.45) is 0 Å². The number of aromatic nitrogens is 3. The van der Waals surface area contributed by atoms with Gasteiger partial charge in [0.05, 0.1) is 22.4 Å². The minimum atomic E-state index is 0.837. The number of benzene rings is 2. The number of rotatable bonds is 2. The van der Waals surface area contributed by atoms with Gasteiger partial charge >= 0.3 is 0 Å². The summed E-state index contributed by atoms with van der Waals surface area (Å²) in [5, 5.41) is 0. The topological polar surface area (TPSA) is 30.2 Å². The monoisotopic (exact) mass is 273 g/mol. The molecule has 0 radical (unpaired) electrons. The van der Waals surface area contributed by atoms with Crippen molar-refractivity contribution in [1.29, 1.82) is 0 Å². The molecule has 3 heteroatoms. The van der Waals surface area contributed by atoms with E-state index in [9.17, 15) is 0 Å². The molecule has 3 nitrogen and oxygen atoms in total. The molecule has 0 atom stereocenters. The zero-order valence-corrected chi connectivity index (χ0v) is 11.8. The molecule has 0 fully saturated rings. The Morgan fingerprint density at radius 2 is 1.67 bits per heavy atom. The number of aryl methyl sites for hydroxylation is 1. The molecule has 0 bridgehead atoms. The molecule has 2 heterocycles. The van der Waals surface area contributed by atoms with Crippen LogP contribution < -0.4 is 0 Å². The van der Waals surface area contributed by atoms with Gasteiger partial charge < -0.3 is 0 Å². The standard InChI is InChI=1S/C18H15N3/c1-13-18-20-16-9-5-6-10-17(16)21(18)12-15(19-13)11-14-7-3-2-4-8-14/h2-10,12H,11H2,1H3. The second kappa shape index (κ2) is 4.70. The fraction of sp³-hybridized carbons (Fsp3) is 0.111. The fourth-order valence-electron chi connectivity index (χ4n) is 2.76. The number of hydrogen-bond acceptors (Lipinski definition) is 2. The highest BCUT2D eigenvalue weighted by Crippen LogP contribution is 2.19. The largest absolute Gasteiger partial charge is 0.296 e. The van der Waals surface area contributed by atoms with Crippen LogP contribution in [0.5, 0.6) is 0 Å². The Bertz CT molecular complexity index is 923. The van der Waals surface area contributed by atoms with Crippen LogP contribution in [0.1, 0.15) is 17.0 Å². The summed E-state index contributed by atoms with van der Waals surface area (Å²) in [6, 6.07) is 18.6. The minimum absolute atomic E-state index is 0.837. The number of imidazole rings is 1. The van der Waals surface area contributed by atoms with Gasteiger partial charge in [-0.1, -0.05) is 42.5 Å². The van der Waals surface area contributed by atoms with Gasteiger partial charge in [-0.25, -0.2) is 4.98 Å². The molecule has 0 amide bonds. The van der Waals surface area contributed by atoms with Crippen LogP contribution in [0.2, 0.25) is 0 Å². The summed E-state index contributed by atoms with van der Waals surface area (Å²) in [5.74, 6) is 0. The molecule has 21 heavy (non-hydrogen) atoms. The van der Waals surface area contributed by atoms with Gasteiger partial charge in [-0.2, -0.15) is 0 Å². The molecular weight excluding hydrogens is 258 g/mol. The zero-order chi connectivity index (χ0) is 14.2. The molecule has 2 aromatic heterocycles. The van der Waals surface area contributed by atoms with Crippen molar-refractivity contribution in [3.63, 3.8) is 0 Å².